The van der Waals surface area contributed by atoms with Crippen molar-refractivity contribution in [2.45, 2.75) is 32.6 Å². The van der Waals surface area contributed by atoms with E-state index in [4.69, 9.17) is 5.73 Å². The van der Waals surface area contributed by atoms with Crippen molar-refractivity contribution in [3.8, 4) is 0 Å². The predicted molar refractivity (Wildman–Crippen MR) is 85.9 cm³/mol. The van der Waals surface area contributed by atoms with Crippen LogP contribution in [-0.4, -0.2) is 50.3 Å². The first kappa shape index (κ1) is 16.3. The summed E-state index contributed by atoms with van der Waals surface area (Å²) in [7, 11) is -3.47. The molecule has 6 heteroatoms. The number of rotatable bonds is 3. The van der Waals surface area contributed by atoms with E-state index in [-0.39, 0.29) is 0 Å². The van der Waals surface area contributed by atoms with Crippen molar-refractivity contribution in [3.05, 3.63) is 22.8 Å². The number of nitrogens with zero attached hydrogens (tertiary/aromatic N) is 2. The first-order valence-electron chi connectivity index (χ1n) is 7.37. The SMILES string of the molecule is CCN1CCN(S(=O)(=O)c2c(C)c(C)cc(N)c2C)CC1. The molecule has 1 aliphatic rings. The van der Waals surface area contributed by atoms with Crippen LogP contribution in [0.3, 0.4) is 0 Å². The summed E-state index contributed by atoms with van der Waals surface area (Å²) in [6.07, 6.45) is 0. The summed E-state index contributed by atoms with van der Waals surface area (Å²) in [4.78, 5) is 2.65. The maximum absolute atomic E-state index is 13.0. The highest BCUT2D eigenvalue weighted by Crippen LogP contribution is 2.30. The summed E-state index contributed by atoms with van der Waals surface area (Å²) in [6, 6.07) is 1.85. The number of likely N-dealkylation sites (N-methyl/N-ethyl adjacent to an activating group) is 1. The van der Waals surface area contributed by atoms with E-state index in [9.17, 15) is 8.42 Å². The lowest BCUT2D eigenvalue weighted by Gasteiger charge is -2.34. The van der Waals surface area contributed by atoms with E-state index in [1.54, 1.807) is 11.2 Å². The Morgan fingerprint density at radius 2 is 1.67 bits per heavy atom. The molecule has 118 valence electrons. The van der Waals surface area contributed by atoms with Crippen molar-refractivity contribution in [1.29, 1.82) is 0 Å². The molecule has 2 N–H and O–H groups in total. The summed E-state index contributed by atoms with van der Waals surface area (Å²) in [6.45, 7) is 11.3. The fourth-order valence-corrected chi connectivity index (χ4v) is 4.80. The van der Waals surface area contributed by atoms with Gasteiger partial charge in [0.1, 0.15) is 0 Å². The lowest BCUT2D eigenvalue weighted by atomic mass is 10.1. The van der Waals surface area contributed by atoms with Gasteiger partial charge in [-0.05, 0) is 50.1 Å². The molecule has 0 aliphatic carbocycles. The Morgan fingerprint density at radius 1 is 1.10 bits per heavy atom. The Bertz CT molecular complexity index is 607. The molecule has 1 aliphatic heterocycles. The van der Waals surface area contributed by atoms with Gasteiger partial charge in [-0.3, -0.25) is 0 Å². The Balaban J connectivity index is 2.42. The average Bonchev–Trinajstić information content (AvgIpc) is 2.45. The van der Waals surface area contributed by atoms with Crippen LogP contribution in [0.15, 0.2) is 11.0 Å². The third-order valence-corrected chi connectivity index (χ3v) is 6.63. The van der Waals surface area contributed by atoms with Gasteiger partial charge in [0.25, 0.3) is 0 Å². The Kier molecular flexibility index (Phi) is 4.60. The molecule has 0 aromatic heterocycles. The number of anilines is 1. The van der Waals surface area contributed by atoms with E-state index in [1.165, 1.54) is 0 Å². The van der Waals surface area contributed by atoms with Gasteiger partial charge in [0, 0.05) is 31.9 Å². The zero-order valence-electron chi connectivity index (χ0n) is 13.3. The minimum absolute atomic E-state index is 0.393. The molecule has 1 aromatic carbocycles. The topological polar surface area (TPSA) is 66.6 Å². The van der Waals surface area contributed by atoms with Crippen LogP contribution in [0.4, 0.5) is 5.69 Å². The highest BCUT2D eigenvalue weighted by atomic mass is 32.2. The van der Waals surface area contributed by atoms with Gasteiger partial charge < -0.3 is 10.6 Å². The van der Waals surface area contributed by atoms with Crippen LogP contribution in [0.2, 0.25) is 0 Å². The molecule has 0 saturated carbocycles. The third kappa shape index (κ3) is 2.93. The van der Waals surface area contributed by atoms with Gasteiger partial charge in [0.15, 0.2) is 0 Å². The van der Waals surface area contributed by atoms with Crippen molar-refractivity contribution < 1.29 is 8.42 Å². The first-order chi connectivity index (χ1) is 9.78. The summed E-state index contributed by atoms with van der Waals surface area (Å²) >= 11 is 0. The second-order valence-corrected chi connectivity index (χ2v) is 7.57. The molecule has 5 nitrogen and oxygen atoms in total. The third-order valence-electron chi connectivity index (χ3n) is 4.45. The molecule has 0 spiro atoms. The summed E-state index contributed by atoms with van der Waals surface area (Å²) in [5.41, 5.74) is 8.90. The Labute approximate surface area is 127 Å². The number of hydrogen-bond donors (Lipinski definition) is 1. The predicted octanol–water partition coefficient (Wildman–Crippen LogP) is 1.52. The lowest BCUT2D eigenvalue weighted by molar-refractivity contribution is 0.196. The normalized spacial score (nSPS) is 18.1. The second-order valence-electron chi connectivity index (χ2n) is 5.70. The number of sulfonamides is 1. The van der Waals surface area contributed by atoms with Crippen molar-refractivity contribution in [1.82, 2.24) is 9.21 Å². The number of aryl methyl sites for hydroxylation is 1. The van der Waals surface area contributed by atoms with Gasteiger partial charge in [0.05, 0.1) is 4.90 Å². The molecule has 0 bridgehead atoms. The minimum atomic E-state index is -3.47. The van der Waals surface area contributed by atoms with Crippen LogP contribution < -0.4 is 5.73 Å². The molecule has 1 heterocycles. The standard InChI is InChI=1S/C15H25N3O2S/c1-5-17-6-8-18(9-7-17)21(19,20)15-12(3)11(2)10-14(16)13(15)4/h10H,5-9,16H2,1-4H3. The molecule has 0 amide bonds. The van der Waals surface area contributed by atoms with Crippen molar-refractivity contribution in [2.75, 3.05) is 38.5 Å². The number of nitrogen functional groups attached to an aromatic ring is 1. The monoisotopic (exact) mass is 311 g/mol. The smallest absolute Gasteiger partial charge is 0.243 e. The highest BCUT2D eigenvalue weighted by molar-refractivity contribution is 7.89. The average molecular weight is 311 g/mol. The van der Waals surface area contributed by atoms with Gasteiger partial charge in [-0.15, -0.1) is 0 Å². The van der Waals surface area contributed by atoms with Crippen LogP contribution in [0.25, 0.3) is 0 Å². The molecule has 2 rings (SSSR count). The van der Waals surface area contributed by atoms with E-state index in [2.05, 4.69) is 11.8 Å². The summed E-state index contributed by atoms with van der Waals surface area (Å²) in [5, 5.41) is 0. The first-order valence-corrected chi connectivity index (χ1v) is 8.81. The van der Waals surface area contributed by atoms with Gasteiger partial charge >= 0.3 is 0 Å². The van der Waals surface area contributed by atoms with Crippen LogP contribution in [0.5, 0.6) is 0 Å². The van der Waals surface area contributed by atoms with Crippen molar-refractivity contribution >= 4 is 15.7 Å². The molecule has 0 unspecified atom stereocenters. The molecule has 21 heavy (non-hydrogen) atoms. The molecule has 1 aromatic rings. The fraction of sp³-hybridized carbons (Fsp3) is 0.600. The van der Waals surface area contributed by atoms with E-state index >= 15 is 0 Å². The molecular weight excluding hydrogens is 286 g/mol. The van der Waals surface area contributed by atoms with Gasteiger partial charge in [-0.2, -0.15) is 4.31 Å². The molecule has 1 saturated heterocycles. The maximum atomic E-state index is 13.0. The lowest BCUT2D eigenvalue weighted by Crippen LogP contribution is -2.48. The number of nitrogens with two attached hydrogens (primary N) is 1. The van der Waals surface area contributed by atoms with Crippen LogP contribution in [0, 0.1) is 20.8 Å². The zero-order chi connectivity index (χ0) is 15.8. The second kappa shape index (κ2) is 5.94. The number of benzene rings is 1. The Morgan fingerprint density at radius 3 is 2.19 bits per heavy atom. The van der Waals surface area contributed by atoms with Gasteiger partial charge in [-0.1, -0.05) is 6.92 Å². The molecule has 0 atom stereocenters. The van der Waals surface area contributed by atoms with Gasteiger partial charge in [-0.25, -0.2) is 8.42 Å². The number of piperazine rings is 1. The Hall–Kier alpha value is -1.11. The van der Waals surface area contributed by atoms with E-state index in [0.29, 0.717) is 29.2 Å². The highest BCUT2D eigenvalue weighted by Gasteiger charge is 2.31. The van der Waals surface area contributed by atoms with Gasteiger partial charge in [0.2, 0.25) is 10.0 Å². The molecule has 0 radical (unpaired) electrons. The number of hydrogen-bond acceptors (Lipinski definition) is 4. The van der Waals surface area contributed by atoms with E-state index < -0.39 is 10.0 Å². The summed E-state index contributed by atoms with van der Waals surface area (Å²) < 4.78 is 27.6. The van der Waals surface area contributed by atoms with Crippen LogP contribution in [0.1, 0.15) is 23.6 Å². The quantitative estimate of drug-likeness (QED) is 0.860. The van der Waals surface area contributed by atoms with Crippen LogP contribution in [-0.2, 0) is 10.0 Å². The maximum Gasteiger partial charge on any atom is 0.243 e. The largest absolute Gasteiger partial charge is 0.398 e. The van der Waals surface area contributed by atoms with Crippen molar-refractivity contribution in [3.63, 3.8) is 0 Å². The van der Waals surface area contributed by atoms with E-state index in [1.807, 2.05) is 19.9 Å². The van der Waals surface area contributed by atoms with Crippen molar-refractivity contribution in [2.24, 2.45) is 0 Å². The van der Waals surface area contributed by atoms with E-state index in [0.717, 1.165) is 30.8 Å². The van der Waals surface area contributed by atoms with Crippen LogP contribution >= 0.6 is 0 Å². The molecular formula is C15H25N3O2S. The minimum Gasteiger partial charge on any atom is -0.398 e. The summed E-state index contributed by atoms with van der Waals surface area (Å²) in [5.74, 6) is 0. The zero-order valence-corrected chi connectivity index (χ0v) is 14.1. The fourth-order valence-electron chi connectivity index (χ4n) is 2.84. The molecule has 1 fully saturated rings.